The summed E-state index contributed by atoms with van der Waals surface area (Å²) in [5.74, 6) is 0.436. The SMILES string of the molecule is CC(=O)NCCNCc1cc(C#N)c2oc(-c3cccc(-c4cccc(-c5nc6c(s5)CN(C(C)C)CC6)c4C)c3C)nc2c1. The van der Waals surface area contributed by atoms with Crippen LogP contribution in [0, 0.1) is 25.2 Å². The summed E-state index contributed by atoms with van der Waals surface area (Å²) in [4.78, 5) is 24.9. The van der Waals surface area contributed by atoms with Crippen molar-refractivity contribution in [1.29, 1.82) is 5.26 Å². The van der Waals surface area contributed by atoms with E-state index >= 15 is 0 Å². The molecule has 5 aromatic rings. The highest BCUT2D eigenvalue weighted by Crippen LogP contribution is 2.40. The lowest BCUT2D eigenvalue weighted by molar-refractivity contribution is -0.118. The first-order valence-electron chi connectivity index (χ1n) is 15.4. The van der Waals surface area contributed by atoms with Gasteiger partial charge in [0.05, 0.1) is 11.3 Å². The first-order chi connectivity index (χ1) is 21.7. The van der Waals surface area contributed by atoms with Crippen LogP contribution < -0.4 is 10.6 Å². The Morgan fingerprint density at radius 1 is 1.04 bits per heavy atom. The van der Waals surface area contributed by atoms with Crippen molar-refractivity contribution in [3.8, 4) is 39.2 Å². The molecule has 2 N–H and O–H groups in total. The van der Waals surface area contributed by atoms with Crippen molar-refractivity contribution in [2.24, 2.45) is 0 Å². The van der Waals surface area contributed by atoms with Gasteiger partial charge in [-0.25, -0.2) is 9.97 Å². The second-order valence-electron chi connectivity index (χ2n) is 11.9. The van der Waals surface area contributed by atoms with E-state index in [9.17, 15) is 10.1 Å². The molecule has 0 radical (unpaired) electrons. The molecule has 45 heavy (non-hydrogen) atoms. The van der Waals surface area contributed by atoms with Crippen molar-refractivity contribution in [3.05, 3.63) is 81.4 Å². The van der Waals surface area contributed by atoms with Crippen LogP contribution >= 0.6 is 11.3 Å². The Kier molecular flexibility index (Phi) is 8.81. The van der Waals surface area contributed by atoms with E-state index in [2.05, 4.69) is 73.6 Å². The number of nitriles is 1. The number of thiazole rings is 1. The largest absolute Gasteiger partial charge is 0.435 e. The van der Waals surface area contributed by atoms with E-state index in [1.54, 1.807) is 0 Å². The van der Waals surface area contributed by atoms with Gasteiger partial charge in [0, 0.05) is 68.1 Å². The molecule has 230 valence electrons. The zero-order valence-electron chi connectivity index (χ0n) is 26.5. The maximum atomic E-state index is 11.1. The zero-order valence-corrected chi connectivity index (χ0v) is 27.3. The Morgan fingerprint density at radius 2 is 1.76 bits per heavy atom. The van der Waals surface area contributed by atoms with Crippen LogP contribution in [0.4, 0.5) is 0 Å². The molecular weight excluding hydrogens is 581 g/mol. The van der Waals surface area contributed by atoms with Gasteiger partial charge >= 0.3 is 0 Å². The summed E-state index contributed by atoms with van der Waals surface area (Å²) in [7, 11) is 0. The number of hydrogen-bond donors (Lipinski definition) is 2. The zero-order chi connectivity index (χ0) is 31.7. The Labute approximate surface area is 268 Å². The minimum absolute atomic E-state index is 0.0569. The first kappa shape index (κ1) is 30.7. The number of aromatic nitrogens is 2. The van der Waals surface area contributed by atoms with Crippen LogP contribution in [0.15, 0.2) is 52.9 Å². The Morgan fingerprint density at radius 3 is 2.47 bits per heavy atom. The van der Waals surface area contributed by atoms with Gasteiger partial charge in [0.1, 0.15) is 16.6 Å². The van der Waals surface area contributed by atoms with Gasteiger partial charge in [0.15, 0.2) is 5.58 Å². The minimum Gasteiger partial charge on any atom is -0.435 e. The fourth-order valence-corrected chi connectivity index (χ4v) is 7.26. The summed E-state index contributed by atoms with van der Waals surface area (Å²) >= 11 is 1.82. The molecule has 1 aliphatic heterocycles. The van der Waals surface area contributed by atoms with Crippen molar-refractivity contribution in [3.63, 3.8) is 0 Å². The van der Waals surface area contributed by atoms with E-state index in [1.807, 2.05) is 35.6 Å². The normalized spacial score (nSPS) is 13.3. The van der Waals surface area contributed by atoms with Gasteiger partial charge in [-0.2, -0.15) is 5.26 Å². The molecular formula is C36H38N6O2S. The van der Waals surface area contributed by atoms with Gasteiger partial charge in [-0.15, -0.1) is 11.3 Å². The maximum Gasteiger partial charge on any atom is 0.227 e. The molecule has 0 bridgehead atoms. The molecule has 1 amide bonds. The maximum absolute atomic E-state index is 11.1. The number of nitrogens with zero attached hydrogens (tertiary/aromatic N) is 4. The second-order valence-corrected chi connectivity index (χ2v) is 13.0. The Balaban J connectivity index is 1.30. The van der Waals surface area contributed by atoms with Gasteiger partial charge < -0.3 is 15.1 Å². The number of benzene rings is 3. The molecule has 3 aromatic carbocycles. The average Bonchev–Trinajstić information content (AvgIpc) is 3.65. The van der Waals surface area contributed by atoms with Crippen LogP contribution in [0.3, 0.4) is 0 Å². The third-order valence-corrected chi connectivity index (χ3v) is 9.70. The van der Waals surface area contributed by atoms with Crippen LogP contribution in [-0.4, -0.2) is 46.5 Å². The van der Waals surface area contributed by atoms with Crippen molar-refractivity contribution in [2.75, 3.05) is 19.6 Å². The lowest BCUT2D eigenvalue weighted by Gasteiger charge is -2.29. The molecule has 6 rings (SSSR count). The molecule has 0 saturated heterocycles. The highest BCUT2D eigenvalue weighted by molar-refractivity contribution is 7.15. The molecule has 2 aromatic heterocycles. The lowest BCUT2D eigenvalue weighted by atomic mass is 9.91. The predicted octanol–water partition coefficient (Wildman–Crippen LogP) is 6.77. The fraction of sp³-hybridized carbons (Fsp3) is 0.333. The number of hydrogen-bond acceptors (Lipinski definition) is 8. The molecule has 0 aliphatic carbocycles. The van der Waals surface area contributed by atoms with Crippen LogP contribution in [0.5, 0.6) is 0 Å². The van der Waals surface area contributed by atoms with E-state index < -0.39 is 0 Å². The number of carbonyl (C=O) groups excluding carboxylic acids is 1. The van der Waals surface area contributed by atoms with Gasteiger partial charge in [0.2, 0.25) is 11.8 Å². The topological polar surface area (TPSA) is 107 Å². The van der Waals surface area contributed by atoms with Crippen molar-refractivity contribution in [1.82, 2.24) is 25.5 Å². The van der Waals surface area contributed by atoms with Crippen LogP contribution in [-0.2, 0) is 24.3 Å². The predicted molar refractivity (Wildman–Crippen MR) is 180 cm³/mol. The van der Waals surface area contributed by atoms with Gasteiger partial charge in [0.25, 0.3) is 0 Å². The molecule has 0 fully saturated rings. The summed E-state index contributed by atoms with van der Waals surface area (Å²) < 4.78 is 6.25. The number of amides is 1. The van der Waals surface area contributed by atoms with Gasteiger partial charge in [-0.3, -0.25) is 9.69 Å². The highest BCUT2D eigenvalue weighted by atomic mass is 32.1. The summed E-state index contributed by atoms with van der Waals surface area (Å²) in [5.41, 5.74) is 10.4. The van der Waals surface area contributed by atoms with Crippen LogP contribution in [0.2, 0.25) is 0 Å². The lowest BCUT2D eigenvalue weighted by Crippen LogP contribution is -2.35. The molecule has 8 nitrogen and oxygen atoms in total. The smallest absolute Gasteiger partial charge is 0.227 e. The number of oxazole rings is 1. The highest BCUT2D eigenvalue weighted by Gasteiger charge is 2.24. The summed E-state index contributed by atoms with van der Waals surface area (Å²) in [6.07, 6.45) is 0.999. The molecule has 9 heteroatoms. The third kappa shape index (κ3) is 6.27. The molecule has 0 saturated carbocycles. The second kappa shape index (κ2) is 12.9. The van der Waals surface area contributed by atoms with Gasteiger partial charge in [-0.1, -0.05) is 30.3 Å². The monoisotopic (exact) mass is 618 g/mol. The van der Waals surface area contributed by atoms with Crippen LogP contribution in [0.25, 0.3) is 44.3 Å². The molecule has 3 heterocycles. The van der Waals surface area contributed by atoms with Gasteiger partial charge in [-0.05, 0) is 73.7 Å². The summed E-state index contributed by atoms with van der Waals surface area (Å²) in [6, 6.07) is 19.3. The quantitative estimate of drug-likeness (QED) is 0.176. The number of rotatable bonds is 9. The minimum atomic E-state index is -0.0569. The first-order valence-corrected chi connectivity index (χ1v) is 16.3. The molecule has 0 spiro atoms. The molecule has 1 aliphatic rings. The fourth-order valence-electron chi connectivity index (χ4n) is 6.04. The number of carbonyl (C=O) groups is 1. The Bertz CT molecular complexity index is 1930. The Hall–Kier alpha value is -4.36. The standard InChI is InChI=1S/C36H38N6O2S/c1-21(2)42-15-12-31-33(20-42)45-36(41-31)30-11-7-9-28(23(30)4)27-8-6-10-29(22(27)3)35-40-32-17-25(16-26(18-37)34(32)44-35)19-38-13-14-39-24(5)43/h6-11,16-17,21,38H,12-15,19-20H2,1-5H3,(H,39,43). The average molecular weight is 619 g/mol. The van der Waals surface area contributed by atoms with E-state index in [-0.39, 0.29) is 5.91 Å². The molecule has 0 atom stereocenters. The number of fused-ring (bicyclic) bond motifs is 2. The molecule has 0 unspecified atom stereocenters. The van der Waals surface area contributed by atoms with Crippen LogP contribution in [0.1, 0.15) is 53.6 Å². The van der Waals surface area contributed by atoms with Crippen molar-refractivity contribution in [2.45, 2.75) is 60.2 Å². The van der Waals surface area contributed by atoms with Crippen molar-refractivity contribution >= 4 is 28.3 Å². The van der Waals surface area contributed by atoms with E-state index in [0.29, 0.717) is 48.2 Å². The van der Waals surface area contributed by atoms with E-state index in [4.69, 9.17) is 14.4 Å². The number of nitrogens with one attached hydrogen (secondary N) is 2. The third-order valence-electron chi connectivity index (χ3n) is 8.58. The summed E-state index contributed by atoms with van der Waals surface area (Å²) in [5, 5.41) is 17.0. The van der Waals surface area contributed by atoms with E-state index in [0.717, 1.165) is 52.3 Å². The summed E-state index contributed by atoms with van der Waals surface area (Å²) in [6.45, 7) is 14.0. The van der Waals surface area contributed by atoms with E-state index in [1.165, 1.54) is 28.6 Å². The van der Waals surface area contributed by atoms with Crippen molar-refractivity contribution < 1.29 is 9.21 Å².